The average Bonchev–Trinajstić information content (AvgIpc) is 2.66. The van der Waals surface area contributed by atoms with Crippen LogP contribution in [-0.4, -0.2) is 17.2 Å². The van der Waals surface area contributed by atoms with E-state index in [0.29, 0.717) is 17.8 Å². The molecule has 0 atom stereocenters. The van der Waals surface area contributed by atoms with Gasteiger partial charge in [-0.2, -0.15) is 5.10 Å². The Labute approximate surface area is 105 Å². The molecule has 2 aromatic rings. The van der Waals surface area contributed by atoms with Gasteiger partial charge in [-0.25, -0.2) is 8.78 Å². The second kappa shape index (κ2) is 4.93. The first-order valence-electron chi connectivity index (χ1n) is 4.96. The molecule has 0 saturated carbocycles. The SMILES string of the molecule is CNCc1[nH]nc(-c2ccc(F)c(F)c2)c1Br. The minimum Gasteiger partial charge on any atom is -0.314 e. The van der Waals surface area contributed by atoms with Gasteiger partial charge in [0, 0.05) is 12.1 Å². The Morgan fingerprint density at radius 2 is 2.12 bits per heavy atom. The van der Waals surface area contributed by atoms with Gasteiger partial charge in [0.1, 0.15) is 5.69 Å². The molecule has 3 nitrogen and oxygen atoms in total. The normalized spacial score (nSPS) is 10.8. The molecule has 0 bridgehead atoms. The van der Waals surface area contributed by atoms with Gasteiger partial charge in [0.15, 0.2) is 11.6 Å². The van der Waals surface area contributed by atoms with Crippen LogP contribution < -0.4 is 5.32 Å². The first-order valence-corrected chi connectivity index (χ1v) is 5.75. The third-order valence-corrected chi connectivity index (χ3v) is 3.18. The van der Waals surface area contributed by atoms with Gasteiger partial charge < -0.3 is 5.32 Å². The Hall–Kier alpha value is -1.27. The lowest BCUT2D eigenvalue weighted by molar-refractivity contribution is 0.509. The van der Waals surface area contributed by atoms with Crippen molar-refractivity contribution in [3.8, 4) is 11.3 Å². The summed E-state index contributed by atoms with van der Waals surface area (Å²) in [7, 11) is 1.81. The molecule has 0 aliphatic rings. The van der Waals surface area contributed by atoms with Crippen molar-refractivity contribution in [1.29, 1.82) is 0 Å². The fraction of sp³-hybridized carbons (Fsp3) is 0.182. The van der Waals surface area contributed by atoms with E-state index in [1.807, 2.05) is 7.05 Å². The summed E-state index contributed by atoms with van der Waals surface area (Å²) in [6, 6.07) is 3.70. The number of rotatable bonds is 3. The maximum Gasteiger partial charge on any atom is 0.159 e. The molecule has 90 valence electrons. The van der Waals surface area contributed by atoms with Crippen LogP contribution in [0.2, 0.25) is 0 Å². The summed E-state index contributed by atoms with van der Waals surface area (Å²) in [4.78, 5) is 0. The van der Waals surface area contributed by atoms with Gasteiger partial charge in [0.05, 0.1) is 10.2 Å². The molecule has 0 saturated heterocycles. The van der Waals surface area contributed by atoms with Crippen LogP contribution in [0.1, 0.15) is 5.69 Å². The Kier molecular flexibility index (Phi) is 3.54. The van der Waals surface area contributed by atoms with E-state index in [1.165, 1.54) is 6.07 Å². The summed E-state index contributed by atoms with van der Waals surface area (Å²) in [6.45, 7) is 0.608. The van der Waals surface area contributed by atoms with Crippen LogP contribution in [0.25, 0.3) is 11.3 Å². The molecule has 1 aromatic carbocycles. The topological polar surface area (TPSA) is 40.7 Å². The largest absolute Gasteiger partial charge is 0.314 e. The molecule has 0 aliphatic carbocycles. The van der Waals surface area contributed by atoms with E-state index in [1.54, 1.807) is 0 Å². The minimum atomic E-state index is -0.882. The highest BCUT2D eigenvalue weighted by molar-refractivity contribution is 9.10. The van der Waals surface area contributed by atoms with Crippen molar-refractivity contribution < 1.29 is 8.78 Å². The van der Waals surface area contributed by atoms with Gasteiger partial charge in [-0.05, 0) is 41.2 Å². The van der Waals surface area contributed by atoms with E-state index in [4.69, 9.17) is 0 Å². The van der Waals surface area contributed by atoms with E-state index in [2.05, 4.69) is 31.4 Å². The second-order valence-electron chi connectivity index (χ2n) is 3.52. The van der Waals surface area contributed by atoms with E-state index in [9.17, 15) is 8.78 Å². The standard InChI is InChI=1S/C11H10BrF2N3/c1-15-5-9-10(12)11(17-16-9)6-2-3-7(13)8(14)4-6/h2-4,15H,5H2,1H3,(H,16,17). The molecule has 6 heteroatoms. The molecule has 0 aliphatic heterocycles. The molecule has 1 aromatic heterocycles. The van der Waals surface area contributed by atoms with Crippen LogP contribution in [0, 0.1) is 11.6 Å². The van der Waals surface area contributed by atoms with Crippen LogP contribution in [0.4, 0.5) is 8.78 Å². The Morgan fingerprint density at radius 1 is 1.35 bits per heavy atom. The molecule has 0 unspecified atom stereocenters. The number of hydrogen-bond acceptors (Lipinski definition) is 2. The Morgan fingerprint density at radius 3 is 2.76 bits per heavy atom. The van der Waals surface area contributed by atoms with Gasteiger partial charge in [-0.3, -0.25) is 5.10 Å². The van der Waals surface area contributed by atoms with Crippen molar-refractivity contribution in [3.05, 3.63) is 40.0 Å². The highest BCUT2D eigenvalue weighted by Crippen LogP contribution is 2.29. The fourth-order valence-electron chi connectivity index (χ4n) is 1.49. The first-order chi connectivity index (χ1) is 8.13. The van der Waals surface area contributed by atoms with Crippen molar-refractivity contribution in [2.24, 2.45) is 0 Å². The molecule has 17 heavy (non-hydrogen) atoms. The van der Waals surface area contributed by atoms with Crippen LogP contribution in [-0.2, 0) is 6.54 Å². The molecule has 2 rings (SSSR count). The third-order valence-electron chi connectivity index (χ3n) is 2.32. The molecular formula is C11H10BrF2N3. The van der Waals surface area contributed by atoms with Crippen LogP contribution >= 0.6 is 15.9 Å². The van der Waals surface area contributed by atoms with Gasteiger partial charge in [-0.1, -0.05) is 0 Å². The summed E-state index contributed by atoms with van der Waals surface area (Å²) >= 11 is 3.38. The highest BCUT2D eigenvalue weighted by atomic mass is 79.9. The minimum absolute atomic E-state index is 0.523. The lowest BCUT2D eigenvalue weighted by Gasteiger charge is -2.00. The lowest BCUT2D eigenvalue weighted by Crippen LogP contribution is -2.05. The number of nitrogens with zero attached hydrogens (tertiary/aromatic N) is 1. The van der Waals surface area contributed by atoms with Crippen molar-refractivity contribution in [3.63, 3.8) is 0 Å². The van der Waals surface area contributed by atoms with Gasteiger partial charge in [0.25, 0.3) is 0 Å². The van der Waals surface area contributed by atoms with E-state index in [0.717, 1.165) is 22.3 Å². The number of H-pyrrole nitrogens is 1. The molecule has 2 N–H and O–H groups in total. The van der Waals surface area contributed by atoms with E-state index >= 15 is 0 Å². The zero-order valence-electron chi connectivity index (χ0n) is 9.02. The number of benzene rings is 1. The maximum atomic E-state index is 13.1. The predicted molar refractivity (Wildman–Crippen MR) is 64.4 cm³/mol. The Balaban J connectivity index is 2.42. The molecule has 0 fully saturated rings. The number of halogens is 3. The number of hydrogen-bond donors (Lipinski definition) is 2. The fourth-order valence-corrected chi connectivity index (χ4v) is 2.04. The summed E-state index contributed by atoms with van der Waals surface area (Å²) in [6.07, 6.45) is 0. The van der Waals surface area contributed by atoms with E-state index in [-0.39, 0.29) is 0 Å². The quantitative estimate of drug-likeness (QED) is 0.915. The summed E-state index contributed by atoms with van der Waals surface area (Å²) in [5.41, 5.74) is 1.94. The molecule has 0 spiro atoms. The van der Waals surface area contributed by atoms with Crippen molar-refractivity contribution in [2.45, 2.75) is 6.54 Å². The average molecular weight is 302 g/mol. The summed E-state index contributed by atoms with van der Waals surface area (Å²) in [5, 5.41) is 9.88. The molecule has 1 heterocycles. The number of aromatic nitrogens is 2. The van der Waals surface area contributed by atoms with Gasteiger partial charge in [-0.15, -0.1) is 0 Å². The molecule has 0 amide bonds. The zero-order valence-corrected chi connectivity index (χ0v) is 10.6. The van der Waals surface area contributed by atoms with Crippen LogP contribution in [0.5, 0.6) is 0 Å². The Bertz CT molecular complexity index is 540. The molecular weight excluding hydrogens is 292 g/mol. The maximum absolute atomic E-state index is 13.1. The monoisotopic (exact) mass is 301 g/mol. The smallest absolute Gasteiger partial charge is 0.159 e. The van der Waals surface area contributed by atoms with E-state index < -0.39 is 11.6 Å². The summed E-state index contributed by atoms with van der Waals surface area (Å²) < 4.78 is 26.7. The van der Waals surface area contributed by atoms with Crippen molar-refractivity contribution >= 4 is 15.9 Å². The zero-order chi connectivity index (χ0) is 12.4. The first kappa shape index (κ1) is 12.2. The highest BCUT2D eigenvalue weighted by Gasteiger charge is 2.13. The van der Waals surface area contributed by atoms with Crippen molar-refractivity contribution in [1.82, 2.24) is 15.5 Å². The lowest BCUT2D eigenvalue weighted by atomic mass is 10.1. The third kappa shape index (κ3) is 2.37. The number of aromatic amines is 1. The van der Waals surface area contributed by atoms with Gasteiger partial charge >= 0.3 is 0 Å². The van der Waals surface area contributed by atoms with Crippen LogP contribution in [0.3, 0.4) is 0 Å². The number of nitrogens with one attached hydrogen (secondary N) is 2. The second-order valence-corrected chi connectivity index (χ2v) is 4.32. The van der Waals surface area contributed by atoms with Crippen molar-refractivity contribution in [2.75, 3.05) is 7.05 Å². The summed E-state index contributed by atoms with van der Waals surface area (Å²) in [5.74, 6) is -1.75. The predicted octanol–water partition coefficient (Wildman–Crippen LogP) is 2.84. The van der Waals surface area contributed by atoms with Gasteiger partial charge in [0.2, 0.25) is 0 Å². The van der Waals surface area contributed by atoms with Crippen LogP contribution in [0.15, 0.2) is 22.7 Å². The molecule has 0 radical (unpaired) electrons.